The Kier molecular flexibility index (Phi) is 8.27. The summed E-state index contributed by atoms with van der Waals surface area (Å²) in [7, 11) is 0. The maximum atomic E-state index is 17.2. The van der Waals surface area contributed by atoms with Gasteiger partial charge in [-0.25, -0.2) is 13.2 Å². The van der Waals surface area contributed by atoms with Crippen LogP contribution < -0.4 is 15.4 Å². The van der Waals surface area contributed by atoms with Gasteiger partial charge in [0.2, 0.25) is 5.91 Å². The van der Waals surface area contributed by atoms with Crippen molar-refractivity contribution in [1.82, 2.24) is 19.8 Å². The summed E-state index contributed by atoms with van der Waals surface area (Å²) in [6.45, 7) is 6.40. The molecule has 2 N–H and O–H groups in total. The molecule has 0 bridgehead atoms. The highest BCUT2D eigenvalue weighted by molar-refractivity contribution is 7.23. The molecular weight excluding hydrogens is 687 g/mol. The van der Waals surface area contributed by atoms with Crippen LogP contribution in [0.3, 0.4) is 0 Å². The van der Waals surface area contributed by atoms with E-state index >= 15 is 4.39 Å². The fourth-order valence-electron chi connectivity index (χ4n) is 8.60. The molecule has 1 amide bonds. The molecule has 0 spiro atoms. The number of aromatic nitrogens is 2. The zero-order valence-electron chi connectivity index (χ0n) is 27.8. The number of ether oxygens (including phenoxy) is 1. The van der Waals surface area contributed by atoms with Gasteiger partial charge in [-0.05, 0) is 70.2 Å². The SMILES string of the molecule is CCN(c1nc(OC[C@@]23CCCN2C[C@H](F)C3)nc2c(F)c(-c3ccc(F)c4sc(N)c(C#N)c34)c(Cl)cc12)[C@@H]1CCN(C(=O)C2CC2)[C@H]1C. The molecule has 2 aromatic carbocycles. The monoisotopic (exact) mass is 723 g/mol. The summed E-state index contributed by atoms with van der Waals surface area (Å²) in [6, 6.07) is 5.94. The van der Waals surface area contributed by atoms with Gasteiger partial charge in [0, 0.05) is 54.4 Å². The number of anilines is 2. The molecule has 0 radical (unpaired) electrons. The standard InChI is InChI=1S/C36H37ClF3N7O2S/c1-3-46(26-9-12-47(18(26)2)34(48)19-5-6-19)33-22-13-24(37)28(21-7-8-25(39)31-27(21)23(15-41)32(42)50-31)29(40)30(22)43-35(44-33)49-17-36-10-4-11-45(36)16-20(38)14-36/h7-8,13,18-20,26H,3-6,9-12,14,16-17,42H2,1-2H3/t18-,20+,26+,36-/m0/s1. The molecule has 4 aromatic rings. The van der Waals surface area contributed by atoms with Crippen molar-refractivity contribution in [3.8, 4) is 23.2 Å². The zero-order chi connectivity index (χ0) is 35.1. The zero-order valence-corrected chi connectivity index (χ0v) is 29.4. The molecule has 3 aliphatic heterocycles. The number of hydrogen-bond acceptors (Lipinski definition) is 9. The minimum Gasteiger partial charge on any atom is -0.461 e. The number of nitrogens with two attached hydrogens (primary N) is 1. The topological polar surface area (TPSA) is 112 Å². The van der Waals surface area contributed by atoms with Crippen molar-refractivity contribution in [3.05, 3.63) is 40.4 Å². The van der Waals surface area contributed by atoms with E-state index in [0.717, 1.165) is 43.6 Å². The van der Waals surface area contributed by atoms with Gasteiger partial charge in [0.15, 0.2) is 5.82 Å². The fourth-order valence-corrected chi connectivity index (χ4v) is 9.85. The Hall–Kier alpha value is -3.86. The number of likely N-dealkylation sites (tertiary alicyclic amines) is 1. The number of nitrogen functional groups attached to an aromatic ring is 1. The number of alkyl halides is 1. The average molecular weight is 724 g/mol. The summed E-state index contributed by atoms with van der Waals surface area (Å²) in [5, 5.41) is 10.6. The van der Waals surface area contributed by atoms with Gasteiger partial charge in [-0.2, -0.15) is 15.2 Å². The summed E-state index contributed by atoms with van der Waals surface area (Å²) in [6.07, 6.45) is 3.63. The first kappa shape index (κ1) is 33.3. The number of hydrogen-bond donors (Lipinski definition) is 1. The van der Waals surface area contributed by atoms with Crippen molar-refractivity contribution < 1.29 is 22.7 Å². The number of carbonyl (C=O) groups excluding carboxylic acids is 1. The van der Waals surface area contributed by atoms with Gasteiger partial charge in [0.25, 0.3) is 0 Å². The molecule has 3 saturated heterocycles. The van der Waals surface area contributed by atoms with E-state index in [2.05, 4.69) is 14.8 Å². The Morgan fingerprint density at radius 2 is 2.06 bits per heavy atom. The molecule has 50 heavy (non-hydrogen) atoms. The van der Waals surface area contributed by atoms with E-state index in [9.17, 15) is 18.8 Å². The first-order valence-electron chi connectivity index (χ1n) is 17.2. The van der Waals surface area contributed by atoms with Crippen molar-refractivity contribution in [2.45, 2.75) is 76.2 Å². The summed E-state index contributed by atoms with van der Waals surface area (Å²) in [5.74, 6) is -0.694. The molecule has 262 valence electrons. The normalized spacial score (nSPS) is 25.1. The average Bonchev–Trinajstić information content (AvgIpc) is 3.50. The number of carbonyl (C=O) groups is 1. The van der Waals surface area contributed by atoms with E-state index < -0.39 is 23.3 Å². The van der Waals surface area contributed by atoms with E-state index in [-0.39, 0.29) is 78.8 Å². The lowest BCUT2D eigenvalue weighted by Crippen LogP contribution is -2.46. The maximum absolute atomic E-state index is 17.2. The molecule has 8 rings (SSSR count). The third-order valence-electron chi connectivity index (χ3n) is 11.2. The van der Waals surface area contributed by atoms with Crippen LogP contribution in [0.1, 0.15) is 57.9 Å². The van der Waals surface area contributed by atoms with Crippen LogP contribution >= 0.6 is 22.9 Å². The summed E-state index contributed by atoms with van der Waals surface area (Å²) in [5.41, 5.74) is 5.75. The summed E-state index contributed by atoms with van der Waals surface area (Å²) >= 11 is 7.83. The van der Waals surface area contributed by atoms with Gasteiger partial charge in [-0.3, -0.25) is 9.69 Å². The van der Waals surface area contributed by atoms with Gasteiger partial charge < -0.3 is 20.3 Å². The smallest absolute Gasteiger partial charge is 0.319 e. The van der Waals surface area contributed by atoms with Crippen molar-refractivity contribution in [3.63, 3.8) is 0 Å². The lowest BCUT2D eigenvalue weighted by Gasteiger charge is -2.35. The number of thiophene rings is 1. The first-order chi connectivity index (χ1) is 24.0. The number of benzene rings is 2. The van der Waals surface area contributed by atoms with Crippen molar-refractivity contribution in [2.24, 2.45) is 5.92 Å². The Bertz CT molecular complexity index is 2090. The second-order valence-corrected chi connectivity index (χ2v) is 15.5. The second kappa shape index (κ2) is 12.4. The van der Waals surface area contributed by atoms with Crippen molar-refractivity contribution >= 4 is 60.7 Å². The molecule has 4 fully saturated rings. The van der Waals surface area contributed by atoms with Crippen molar-refractivity contribution in [2.75, 3.05) is 43.4 Å². The number of fused-ring (bicyclic) bond motifs is 3. The van der Waals surface area contributed by atoms with Crippen LogP contribution in [0.25, 0.3) is 32.1 Å². The van der Waals surface area contributed by atoms with E-state index in [1.165, 1.54) is 12.1 Å². The number of amides is 1. The first-order valence-corrected chi connectivity index (χ1v) is 18.4. The van der Waals surface area contributed by atoms with Crippen LogP contribution in [0, 0.1) is 28.9 Å². The van der Waals surface area contributed by atoms with Crippen molar-refractivity contribution in [1.29, 1.82) is 5.26 Å². The molecule has 1 saturated carbocycles. The number of nitriles is 1. The third-order valence-corrected chi connectivity index (χ3v) is 12.5. The third kappa shape index (κ3) is 5.25. The number of halogens is 4. The van der Waals surface area contributed by atoms with Gasteiger partial charge in [-0.1, -0.05) is 17.7 Å². The predicted octanol–water partition coefficient (Wildman–Crippen LogP) is 7.08. The van der Waals surface area contributed by atoms with E-state index in [4.69, 9.17) is 27.1 Å². The van der Waals surface area contributed by atoms with Gasteiger partial charge in [0.05, 0.1) is 26.9 Å². The second-order valence-electron chi connectivity index (χ2n) is 14.1. The molecule has 1 aliphatic carbocycles. The molecular formula is C36H37ClF3N7O2S. The Morgan fingerprint density at radius 3 is 2.80 bits per heavy atom. The van der Waals surface area contributed by atoms with Crippen LogP contribution in [-0.2, 0) is 4.79 Å². The lowest BCUT2D eigenvalue weighted by atomic mass is 9.95. The number of likely N-dealkylation sites (N-methyl/N-ethyl adjacent to an activating group) is 1. The van der Waals surface area contributed by atoms with Gasteiger partial charge in [0.1, 0.15) is 41.0 Å². The van der Waals surface area contributed by atoms with E-state index in [0.29, 0.717) is 43.7 Å². The van der Waals surface area contributed by atoms with Gasteiger partial charge in [-0.15, -0.1) is 11.3 Å². The highest BCUT2D eigenvalue weighted by atomic mass is 35.5. The number of nitrogens with zero attached hydrogens (tertiary/aromatic N) is 6. The van der Waals surface area contributed by atoms with Crippen LogP contribution in [0.5, 0.6) is 6.01 Å². The molecule has 5 heterocycles. The Labute approximate surface area is 296 Å². The molecule has 9 nitrogen and oxygen atoms in total. The fraction of sp³-hybridized carbons (Fsp3) is 0.500. The van der Waals surface area contributed by atoms with E-state index in [1.54, 1.807) is 6.07 Å². The minimum atomic E-state index is -0.952. The molecule has 0 unspecified atom stereocenters. The highest BCUT2D eigenvalue weighted by Crippen LogP contribution is 2.47. The lowest BCUT2D eigenvalue weighted by molar-refractivity contribution is -0.133. The molecule has 4 atom stereocenters. The quantitative estimate of drug-likeness (QED) is 0.206. The molecule has 4 aliphatic rings. The summed E-state index contributed by atoms with van der Waals surface area (Å²) in [4.78, 5) is 28.8. The minimum absolute atomic E-state index is 0.0246. The molecule has 2 aromatic heterocycles. The van der Waals surface area contributed by atoms with E-state index in [1.807, 2.05) is 24.8 Å². The van der Waals surface area contributed by atoms with Gasteiger partial charge >= 0.3 is 6.01 Å². The maximum Gasteiger partial charge on any atom is 0.319 e. The largest absolute Gasteiger partial charge is 0.461 e. The van der Waals surface area contributed by atoms with Crippen LogP contribution in [0.2, 0.25) is 5.02 Å². The van der Waals surface area contributed by atoms with Crippen LogP contribution in [0.4, 0.5) is 24.0 Å². The van der Waals surface area contributed by atoms with Crippen LogP contribution in [0.15, 0.2) is 18.2 Å². The molecule has 14 heteroatoms. The number of rotatable bonds is 8. The Balaban J connectivity index is 1.27. The van der Waals surface area contributed by atoms with Crippen LogP contribution in [-0.4, -0.2) is 82.3 Å². The predicted molar refractivity (Wildman–Crippen MR) is 188 cm³/mol. The highest BCUT2D eigenvalue weighted by Gasteiger charge is 2.49. The summed E-state index contributed by atoms with van der Waals surface area (Å²) < 4.78 is 53.2. The Morgan fingerprint density at radius 1 is 1.26 bits per heavy atom.